The first-order valence-electron chi connectivity index (χ1n) is 11.5. The van der Waals surface area contributed by atoms with Crippen LogP contribution in [0.15, 0.2) is 34.4 Å². The van der Waals surface area contributed by atoms with Gasteiger partial charge in [0.1, 0.15) is 30.5 Å². The van der Waals surface area contributed by atoms with Crippen molar-refractivity contribution >= 4 is 0 Å². The average molecular weight is 484 g/mol. The summed E-state index contributed by atoms with van der Waals surface area (Å²) < 4.78 is 29.6. The number of ether oxygens (including phenoxy) is 5. The molecule has 0 bridgehead atoms. The first kappa shape index (κ1) is 24.4. The zero-order valence-electron chi connectivity index (χ0n) is 20.5. The Morgan fingerprint density at radius 2 is 1.89 bits per heavy atom. The van der Waals surface area contributed by atoms with E-state index in [1.54, 1.807) is 22.8 Å². The lowest BCUT2D eigenvalue weighted by molar-refractivity contribution is -0.908. The minimum absolute atomic E-state index is 0.0452. The highest BCUT2D eigenvalue weighted by molar-refractivity contribution is 5.64. The van der Waals surface area contributed by atoms with E-state index in [4.69, 9.17) is 29.4 Å². The number of aromatic nitrogens is 1. The first-order chi connectivity index (χ1) is 16.9. The largest absolute Gasteiger partial charge is 0.493 e. The third-order valence-corrected chi connectivity index (χ3v) is 6.62. The van der Waals surface area contributed by atoms with Crippen molar-refractivity contribution in [3.8, 4) is 29.1 Å². The molecule has 2 aliphatic rings. The van der Waals surface area contributed by atoms with Crippen LogP contribution < -0.4 is 35.1 Å². The Kier molecular flexibility index (Phi) is 7.19. The summed E-state index contributed by atoms with van der Waals surface area (Å²) in [4.78, 5) is 15.3. The number of nitrogens with one attached hydrogen (secondary N) is 1. The molecule has 0 unspecified atom stereocenters. The monoisotopic (exact) mass is 483 g/mol. The SMILES string of the molecule is COc1ccc([C@@H]2C(C#N)=C(N)Oc3cc(C)n(CC[NH+]4CCOCC4)c(=O)c32)c(OC)c1OC. The highest BCUT2D eigenvalue weighted by atomic mass is 16.5. The van der Waals surface area contributed by atoms with Crippen LogP contribution in [-0.4, -0.2) is 58.7 Å². The van der Waals surface area contributed by atoms with E-state index in [1.807, 2.05) is 6.92 Å². The Morgan fingerprint density at radius 1 is 1.17 bits per heavy atom. The van der Waals surface area contributed by atoms with E-state index in [-0.39, 0.29) is 17.0 Å². The van der Waals surface area contributed by atoms with Crippen molar-refractivity contribution in [2.45, 2.75) is 19.4 Å². The quantitative estimate of drug-likeness (QED) is 0.577. The number of nitrogens with two attached hydrogens (primary N) is 1. The van der Waals surface area contributed by atoms with Gasteiger partial charge in [-0.2, -0.15) is 5.26 Å². The van der Waals surface area contributed by atoms with Gasteiger partial charge in [0.05, 0.1) is 59.1 Å². The lowest BCUT2D eigenvalue weighted by Gasteiger charge is -2.29. The molecule has 3 N–H and O–H groups in total. The summed E-state index contributed by atoms with van der Waals surface area (Å²) in [7, 11) is 4.53. The number of aryl methyl sites for hydroxylation is 1. The smallest absolute Gasteiger partial charge is 0.258 e. The highest BCUT2D eigenvalue weighted by Gasteiger charge is 2.37. The van der Waals surface area contributed by atoms with Crippen LogP contribution in [0.25, 0.3) is 0 Å². The van der Waals surface area contributed by atoms with Gasteiger partial charge in [-0.05, 0) is 13.0 Å². The van der Waals surface area contributed by atoms with Crippen molar-refractivity contribution in [1.82, 2.24) is 4.57 Å². The third kappa shape index (κ3) is 4.40. The molecule has 1 saturated heterocycles. The van der Waals surface area contributed by atoms with E-state index in [0.29, 0.717) is 40.7 Å². The first-order valence-corrected chi connectivity index (χ1v) is 11.5. The van der Waals surface area contributed by atoms with Crippen LogP contribution in [0.3, 0.4) is 0 Å². The molecule has 0 saturated carbocycles. The number of benzene rings is 1. The van der Waals surface area contributed by atoms with Crippen molar-refractivity contribution in [1.29, 1.82) is 5.26 Å². The summed E-state index contributed by atoms with van der Waals surface area (Å²) >= 11 is 0. The zero-order valence-corrected chi connectivity index (χ0v) is 20.5. The predicted octanol–water partition coefficient (Wildman–Crippen LogP) is 0.316. The van der Waals surface area contributed by atoms with Gasteiger partial charge >= 0.3 is 0 Å². The van der Waals surface area contributed by atoms with Crippen molar-refractivity contribution in [3.05, 3.63) is 56.8 Å². The fraction of sp³-hybridized carbons (Fsp3) is 0.440. The molecule has 0 aliphatic carbocycles. The van der Waals surface area contributed by atoms with Crippen molar-refractivity contribution in [2.24, 2.45) is 5.73 Å². The van der Waals surface area contributed by atoms with Crippen LogP contribution in [-0.2, 0) is 11.3 Å². The Morgan fingerprint density at radius 3 is 2.51 bits per heavy atom. The summed E-state index contributed by atoms with van der Waals surface area (Å²) in [5.41, 5.74) is 7.72. The normalized spacial score (nSPS) is 17.9. The number of pyridine rings is 1. The lowest BCUT2D eigenvalue weighted by atomic mass is 9.83. The Labute approximate surface area is 204 Å². The second kappa shape index (κ2) is 10.3. The summed E-state index contributed by atoms with van der Waals surface area (Å²) in [5, 5.41) is 10.0. The van der Waals surface area contributed by atoms with Gasteiger partial charge in [0.2, 0.25) is 11.6 Å². The molecule has 1 aromatic carbocycles. The fourth-order valence-electron chi connectivity index (χ4n) is 4.81. The lowest BCUT2D eigenvalue weighted by Crippen LogP contribution is -3.14. The molecular weight excluding hydrogens is 452 g/mol. The molecule has 4 rings (SSSR count). The average Bonchev–Trinajstić information content (AvgIpc) is 2.87. The van der Waals surface area contributed by atoms with Crippen molar-refractivity contribution in [3.63, 3.8) is 0 Å². The molecule has 186 valence electrons. The molecule has 1 atom stereocenters. The standard InChI is InChI=1S/C25H30N4O6/c1-15-13-19-21(25(30)29(15)8-7-28-9-11-34-12-10-28)20(17(14-26)24(27)35-19)16-5-6-18(31-2)23(33-4)22(16)32-3/h5-6,13,20H,7-12,27H2,1-4H3/p+1/t20-/m1/s1. The predicted molar refractivity (Wildman–Crippen MR) is 127 cm³/mol. The number of morpholine rings is 1. The van der Waals surface area contributed by atoms with E-state index in [1.165, 1.54) is 26.2 Å². The molecule has 35 heavy (non-hydrogen) atoms. The molecule has 0 radical (unpaired) electrons. The van der Waals surface area contributed by atoms with Crippen LogP contribution in [0.5, 0.6) is 23.0 Å². The van der Waals surface area contributed by atoms with Gasteiger partial charge in [-0.25, -0.2) is 0 Å². The summed E-state index contributed by atoms with van der Waals surface area (Å²) in [5.74, 6) is 0.672. The molecule has 0 amide bonds. The number of nitriles is 1. The second-order valence-corrected chi connectivity index (χ2v) is 8.48. The number of allylic oxidation sites excluding steroid dienone is 1. The maximum Gasteiger partial charge on any atom is 0.258 e. The van der Waals surface area contributed by atoms with E-state index in [0.717, 1.165) is 38.5 Å². The molecule has 10 nitrogen and oxygen atoms in total. The molecule has 2 aliphatic heterocycles. The molecule has 10 heteroatoms. The number of hydrogen-bond acceptors (Lipinski definition) is 8. The van der Waals surface area contributed by atoms with Gasteiger partial charge in [0.25, 0.3) is 5.56 Å². The summed E-state index contributed by atoms with van der Waals surface area (Å²) in [6.07, 6.45) is 0. The van der Waals surface area contributed by atoms with Crippen LogP contribution in [0.1, 0.15) is 22.7 Å². The maximum atomic E-state index is 13.9. The van der Waals surface area contributed by atoms with E-state index >= 15 is 0 Å². The van der Waals surface area contributed by atoms with Crippen molar-refractivity contribution in [2.75, 3.05) is 54.2 Å². The van der Waals surface area contributed by atoms with E-state index < -0.39 is 5.92 Å². The molecule has 2 aromatic rings. The molecular formula is C25H31N4O6+. The number of hydrogen-bond donors (Lipinski definition) is 2. The van der Waals surface area contributed by atoms with Crippen LogP contribution in [0.4, 0.5) is 0 Å². The number of quaternary nitrogens is 1. The second-order valence-electron chi connectivity index (χ2n) is 8.48. The zero-order chi connectivity index (χ0) is 25.1. The van der Waals surface area contributed by atoms with Gasteiger partial charge in [-0.15, -0.1) is 0 Å². The summed E-state index contributed by atoms with van der Waals surface area (Å²) in [6, 6.07) is 7.41. The Hall–Kier alpha value is -3.68. The Balaban J connectivity index is 1.87. The number of fused-ring (bicyclic) bond motifs is 1. The number of nitrogens with zero attached hydrogens (tertiary/aromatic N) is 2. The van der Waals surface area contributed by atoms with Gasteiger partial charge in [-0.3, -0.25) is 4.79 Å². The molecule has 1 fully saturated rings. The van der Waals surface area contributed by atoms with Crippen LogP contribution in [0.2, 0.25) is 0 Å². The van der Waals surface area contributed by atoms with Gasteiger partial charge < -0.3 is 38.9 Å². The molecule has 0 spiro atoms. The summed E-state index contributed by atoms with van der Waals surface area (Å²) in [6.45, 7) is 6.44. The fourth-order valence-corrected chi connectivity index (χ4v) is 4.81. The minimum Gasteiger partial charge on any atom is -0.493 e. The molecule has 3 heterocycles. The minimum atomic E-state index is -0.798. The maximum absolute atomic E-state index is 13.9. The van der Waals surface area contributed by atoms with E-state index in [9.17, 15) is 10.1 Å². The highest BCUT2D eigenvalue weighted by Crippen LogP contribution is 2.48. The third-order valence-electron chi connectivity index (χ3n) is 6.62. The van der Waals surface area contributed by atoms with Crippen molar-refractivity contribution < 1.29 is 28.6 Å². The van der Waals surface area contributed by atoms with Gasteiger partial charge in [0.15, 0.2) is 11.5 Å². The number of methoxy groups -OCH3 is 3. The number of rotatable bonds is 7. The van der Waals surface area contributed by atoms with Crippen LogP contribution >= 0.6 is 0 Å². The van der Waals surface area contributed by atoms with Gasteiger partial charge in [-0.1, -0.05) is 6.07 Å². The van der Waals surface area contributed by atoms with Gasteiger partial charge in [0, 0.05) is 17.3 Å². The van der Waals surface area contributed by atoms with E-state index in [2.05, 4.69) is 6.07 Å². The Bertz CT molecular complexity index is 1240. The topological polar surface area (TPSA) is 122 Å². The van der Waals surface area contributed by atoms with Crippen LogP contribution in [0, 0.1) is 18.3 Å². The molecule has 1 aromatic heterocycles.